The van der Waals surface area contributed by atoms with Crippen molar-refractivity contribution in [1.82, 2.24) is 4.57 Å². The van der Waals surface area contributed by atoms with Gasteiger partial charge in [0.15, 0.2) is 5.82 Å². The first-order valence-electron chi connectivity index (χ1n) is 10.1. The van der Waals surface area contributed by atoms with E-state index in [-0.39, 0.29) is 34.0 Å². The number of nitrogens with zero attached hydrogens (tertiary/aromatic N) is 1. The fraction of sp³-hybridized carbons (Fsp3) is 0.120. The Morgan fingerprint density at radius 1 is 1.06 bits per heavy atom. The number of fused-ring (bicyclic) bond motifs is 3. The number of carbonyl (C=O) groups is 1. The second-order valence-corrected chi connectivity index (χ2v) is 8.36. The molecule has 5 rings (SSSR count). The van der Waals surface area contributed by atoms with Crippen LogP contribution in [0.15, 0.2) is 76.6 Å². The van der Waals surface area contributed by atoms with E-state index in [0.717, 1.165) is 11.6 Å². The maximum atomic E-state index is 15.9. The normalized spacial score (nSPS) is 14.7. The molecule has 0 saturated heterocycles. The van der Waals surface area contributed by atoms with Crippen molar-refractivity contribution in [3.8, 4) is 11.1 Å². The molecule has 7 heteroatoms. The van der Waals surface area contributed by atoms with Crippen LogP contribution in [0.5, 0.6) is 0 Å². The number of thioether (sulfide) groups is 1. The highest BCUT2D eigenvalue weighted by Gasteiger charge is 2.38. The molecule has 0 N–H and O–H groups in total. The summed E-state index contributed by atoms with van der Waals surface area (Å²) < 4.78 is 37.7. The predicted molar refractivity (Wildman–Crippen MR) is 120 cm³/mol. The third-order valence-electron chi connectivity index (χ3n) is 5.42. The summed E-state index contributed by atoms with van der Waals surface area (Å²) in [4.78, 5) is 25.8. The van der Waals surface area contributed by atoms with Crippen molar-refractivity contribution in [3.05, 3.63) is 99.7 Å². The Kier molecular flexibility index (Phi) is 5.06. The SMILES string of the molecule is CCOC(=O)c1c2n(c3c(F)c(-c4ccccc4)c(F)cc3c1=O)C(c1ccccc1)S2. The van der Waals surface area contributed by atoms with E-state index in [1.807, 2.05) is 30.3 Å². The van der Waals surface area contributed by atoms with Crippen LogP contribution in [-0.4, -0.2) is 17.1 Å². The van der Waals surface area contributed by atoms with Gasteiger partial charge in [0.05, 0.1) is 28.1 Å². The van der Waals surface area contributed by atoms with Crippen molar-refractivity contribution in [3.63, 3.8) is 0 Å². The molecule has 1 unspecified atom stereocenters. The number of ether oxygens (including phenoxy) is 1. The molecule has 0 bridgehead atoms. The monoisotopic (exact) mass is 449 g/mol. The lowest BCUT2D eigenvalue weighted by atomic mass is 10.00. The van der Waals surface area contributed by atoms with Crippen molar-refractivity contribution in [2.24, 2.45) is 0 Å². The van der Waals surface area contributed by atoms with E-state index < -0.39 is 23.0 Å². The fourth-order valence-corrected chi connectivity index (χ4v) is 5.27. The molecule has 1 aliphatic rings. The summed E-state index contributed by atoms with van der Waals surface area (Å²) in [6, 6.07) is 18.7. The van der Waals surface area contributed by atoms with Crippen LogP contribution < -0.4 is 5.43 Å². The fourth-order valence-electron chi connectivity index (χ4n) is 4.01. The van der Waals surface area contributed by atoms with Crippen molar-refractivity contribution < 1.29 is 18.3 Å². The molecule has 1 atom stereocenters. The highest BCUT2D eigenvalue weighted by molar-refractivity contribution is 8.00. The first-order valence-corrected chi connectivity index (χ1v) is 10.9. The Balaban J connectivity index is 1.87. The Morgan fingerprint density at radius 3 is 2.38 bits per heavy atom. The number of carbonyl (C=O) groups excluding carboxylic acids is 1. The number of esters is 1. The smallest absolute Gasteiger partial charge is 0.344 e. The summed E-state index contributed by atoms with van der Waals surface area (Å²) >= 11 is 1.28. The Morgan fingerprint density at radius 2 is 1.72 bits per heavy atom. The summed E-state index contributed by atoms with van der Waals surface area (Å²) in [5.41, 5.74) is 0.0771. The third kappa shape index (κ3) is 3.04. The predicted octanol–water partition coefficient (Wildman–Crippen LogP) is 5.78. The van der Waals surface area contributed by atoms with Crippen molar-refractivity contribution in [2.45, 2.75) is 17.3 Å². The van der Waals surface area contributed by atoms with Gasteiger partial charge in [-0.2, -0.15) is 0 Å². The molecule has 4 nitrogen and oxygen atoms in total. The van der Waals surface area contributed by atoms with Gasteiger partial charge in [0, 0.05) is 0 Å². The quantitative estimate of drug-likeness (QED) is 0.371. The van der Waals surface area contributed by atoms with Crippen LogP contribution in [0.1, 0.15) is 28.2 Å². The molecule has 0 amide bonds. The van der Waals surface area contributed by atoms with Gasteiger partial charge < -0.3 is 9.30 Å². The Labute approximate surface area is 186 Å². The van der Waals surface area contributed by atoms with Gasteiger partial charge in [-0.25, -0.2) is 13.6 Å². The molecule has 0 saturated carbocycles. The minimum Gasteiger partial charge on any atom is -0.462 e. The molecule has 1 aromatic heterocycles. The first kappa shape index (κ1) is 20.5. The highest BCUT2D eigenvalue weighted by Crippen LogP contribution is 2.51. The zero-order valence-electron chi connectivity index (χ0n) is 17.0. The summed E-state index contributed by atoms with van der Waals surface area (Å²) in [6.45, 7) is 1.71. The lowest BCUT2D eigenvalue weighted by molar-refractivity contribution is 0.0518. The zero-order valence-corrected chi connectivity index (χ0v) is 17.8. The average molecular weight is 449 g/mol. The molecule has 0 aliphatic carbocycles. The number of aromatic nitrogens is 1. The molecule has 0 spiro atoms. The summed E-state index contributed by atoms with van der Waals surface area (Å²) in [5, 5.41) is -0.238. The van der Waals surface area contributed by atoms with Crippen molar-refractivity contribution >= 4 is 28.6 Å². The molecule has 0 radical (unpaired) electrons. The van der Waals surface area contributed by atoms with E-state index in [2.05, 4.69) is 0 Å². The van der Waals surface area contributed by atoms with E-state index in [1.54, 1.807) is 41.8 Å². The van der Waals surface area contributed by atoms with E-state index in [1.165, 1.54) is 11.8 Å². The molecule has 4 aromatic rings. The number of rotatable bonds is 4. The van der Waals surface area contributed by atoms with Crippen LogP contribution in [0.3, 0.4) is 0 Å². The topological polar surface area (TPSA) is 48.3 Å². The lowest BCUT2D eigenvalue weighted by Crippen LogP contribution is -2.31. The molecule has 0 fully saturated rings. The van der Waals surface area contributed by atoms with Gasteiger partial charge in [-0.1, -0.05) is 72.4 Å². The minimum absolute atomic E-state index is 0.0223. The summed E-state index contributed by atoms with van der Waals surface area (Å²) in [6.07, 6.45) is 0. The first-order chi connectivity index (χ1) is 15.5. The van der Waals surface area contributed by atoms with Gasteiger partial charge in [0.25, 0.3) is 0 Å². The molecule has 2 heterocycles. The van der Waals surface area contributed by atoms with Crippen molar-refractivity contribution in [2.75, 3.05) is 6.61 Å². The van der Waals surface area contributed by atoms with Gasteiger partial charge in [0.2, 0.25) is 5.43 Å². The van der Waals surface area contributed by atoms with Gasteiger partial charge in [-0.05, 0) is 24.1 Å². The van der Waals surface area contributed by atoms with E-state index in [4.69, 9.17) is 4.74 Å². The van der Waals surface area contributed by atoms with Crippen LogP contribution in [0.4, 0.5) is 8.78 Å². The highest BCUT2D eigenvalue weighted by atomic mass is 32.2. The summed E-state index contributed by atoms with van der Waals surface area (Å²) in [7, 11) is 0. The maximum absolute atomic E-state index is 15.9. The minimum atomic E-state index is -0.864. The second kappa shape index (κ2) is 7.91. The van der Waals surface area contributed by atoms with Gasteiger partial charge in [0.1, 0.15) is 16.8 Å². The second-order valence-electron chi connectivity index (χ2n) is 7.29. The number of halogens is 2. The molecule has 3 aromatic carbocycles. The van der Waals surface area contributed by atoms with Crippen LogP contribution in [0.25, 0.3) is 22.0 Å². The van der Waals surface area contributed by atoms with Gasteiger partial charge >= 0.3 is 5.97 Å². The standard InChI is InChI=1S/C25H17F2NO3S/c1-2-31-25(30)19-22(29)16-13-17(26)18(14-9-5-3-6-10-14)20(27)21(16)28-23(32-24(19)28)15-11-7-4-8-12-15/h3-13,23H,2H2,1H3. The largest absolute Gasteiger partial charge is 0.462 e. The number of benzene rings is 3. The molecule has 1 aliphatic heterocycles. The molecule has 160 valence electrons. The van der Waals surface area contributed by atoms with Crippen LogP contribution in [0.2, 0.25) is 0 Å². The number of pyridine rings is 1. The number of hydrogen-bond acceptors (Lipinski definition) is 4. The Bertz CT molecular complexity index is 1420. The van der Waals surface area contributed by atoms with Crippen LogP contribution in [0, 0.1) is 11.6 Å². The molecule has 32 heavy (non-hydrogen) atoms. The summed E-state index contributed by atoms with van der Waals surface area (Å²) in [5.74, 6) is -2.49. The maximum Gasteiger partial charge on any atom is 0.344 e. The average Bonchev–Trinajstić information content (AvgIpc) is 2.78. The van der Waals surface area contributed by atoms with E-state index >= 15 is 8.78 Å². The van der Waals surface area contributed by atoms with E-state index in [9.17, 15) is 9.59 Å². The third-order valence-corrected chi connectivity index (χ3v) is 6.75. The Hall–Kier alpha value is -3.45. The van der Waals surface area contributed by atoms with Crippen LogP contribution >= 0.6 is 11.8 Å². The molecular weight excluding hydrogens is 432 g/mol. The number of hydrogen-bond donors (Lipinski definition) is 0. The van der Waals surface area contributed by atoms with Gasteiger partial charge in [-0.3, -0.25) is 4.79 Å². The lowest BCUT2D eigenvalue weighted by Gasteiger charge is -2.36. The molecular formula is C25H17F2NO3S. The van der Waals surface area contributed by atoms with Gasteiger partial charge in [-0.15, -0.1) is 0 Å². The zero-order chi connectivity index (χ0) is 22.4. The van der Waals surface area contributed by atoms with Crippen LogP contribution in [-0.2, 0) is 4.74 Å². The van der Waals surface area contributed by atoms with E-state index in [0.29, 0.717) is 10.6 Å². The van der Waals surface area contributed by atoms with Crippen molar-refractivity contribution in [1.29, 1.82) is 0 Å².